The molecule has 1 aromatic carbocycles. The second-order valence-electron chi connectivity index (χ2n) is 3.51. The second kappa shape index (κ2) is 4.11. The lowest BCUT2D eigenvalue weighted by atomic mass is 10.1. The molecular formula is C10H15NO2S. The van der Waals surface area contributed by atoms with Crippen LogP contribution in [0.3, 0.4) is 0 Å². The molecule has 1 rings (SSSR count). The fourth-order valence-electron chi connectivity index (χ4n) is 1.18. The first kappa shape index (κ1) is 11.2. The highest BCUT2D eigenvalue weighted by Gasteiger charge is 2.10. The molecule has 78 valence electrons. The van der Waals surface area contributed by atoms with Crippen LogP contribution in [0.2, 0.25) is 0 Å². The maximum atomic E-state index is 11.1. The number of sulfonamides is 1. The summed E-state index contributed by atoms with van der Waals surface area (Å²) in [6.45, 7) is 2.42. The number of benzene rings is 1. The molecule has 0 saturated heterocycles. The van der Waals surface area contributed by atoms with Gasteiger partial charge in [-0.3, -0.25) is 0 Å². The molecule has 4 heteroatoms. The topological polar surface area (TPSA) is 37.4 Å². The fraction of sp³-hybridized carbons (Fsp3) is 0.400. The number of hydrogen-bond acceptors (Lipinski definition) is 2. The van der Waals surface area contributed by atoms with E-state index in [-0.39, 0.29) is 0 Å². The Balaban J connectivity index is 2.80. The summed E-state index contributed by atoms with van der Waals surface area (Å²) in [5.74, 6) is 0. The first-order chi connectivity index (χ1) is 6.39. The molecule has 14 heavy (non-hydrogen) atoms. The Morgan fingerprint density at radius 1 is 1.36 bits per heavy atom. The fourth-order valence-corrected chi connectivity index (χ4v) is 1.57. The molecule has 1 aromatic rings. The van der Waals surface area contributed by atoms with Gasteiger partial charge < -0.3 is 0 Å². The molecule has 0 bridgehead atoms. The summed E-state index contributed by atoms with van der Waals surface area (Å²) in [4.78, 5) is 0. The molecular weight excluding hydrogens is 198 g/mol. The molecule has 0 fully saturated rings. The zero-order chi connectivity index (χ0) is 10.8. The minimum Gasteiger partial charge on any atom is -0.213 e. The number of hydrogen-bond donors (Lipinski definition) is 0. The van der Waals surface area contributed by atoms with Crippen molar-refractivity contribution in [1.29, 1.82) is 0 Å². The Hall–Kier alpha value is -0.870. The summed E-state index contributed by atoms with van der Waals surface area (Å²) < 4.78 is 23.6. The molecule has 0 saturated carbocycles. The lowest BCUT2D eigenvalue weighted by Gasteiger charge is -2.14. The van der Waals surface area contributed by atoms with Gasteiger partial charge in [0.05, 0.1) is 6.26 Å². The van der Waals surface area contributed by atoms with E-state index >= 15 is 0 Å². The van der Waals surface area contributed by atoms with Gasteiger partial charge in [0.15, 0.2) is 0 Å². The van der Waals surface area contributed by atoms with E-state index in [0.29, 0.717) is 6.54 Å². The van der Waals surface area contributed by atoms with Crippen LogP contribution in [-0.2, 0) is 16.6 Å². The zero-order valence-electron chi connectivity index (χ0n) is 8.69. The van der Waals surface area contributed by atoms with E-state index in [2.05, 4.69) is 0 Å². The quantitative estimate of drug-likeness (QED) is 0.761. The second-order valence-corrected chi connectivity index (χ2v) is 5.60. The molecule has 3 nitrogen and oxygen atoms in total. The molecule has 0 aliphatic rings. The summed E-state index contributed by atoms with van der Waals surface area (Å²) in [5.41, 5.74) is 2.15. The van der Waals surface area contributed by atoms with Gasteiger partial charge in [-0.2, -0.15) is 0 Å². The Morgan fingerprint density at radius 3 is 2.50 bits per heavy atom. The Bertz CT molecular complexity index is 412. The number of aryl methyl sites for hydroxylation is 1. The van der Waals surface area contributed by atoms with Crippen molar-refractivity contribution in [3.05, 3.63) is 35.4 Å². The standard InChI is InChI=1S/C10H15NO2S/c1-9-5-4-6-10(7-9)8-11(2)14(3,12)13/h4-7H,8H2,1-3H3. The van der Waals surface area contributed by atoms with Crippen LogP contribution in [0.15, 0.2) is 24.3 Å². The van der Waals surface area contributed by atoms with E-state index in [1.54, 1.807) is 7.05 Å². The van der Waals surface area contributed by atoms with E-state index in [0.717, 1.165) is 11.1 Å². The molecule has 0 unspecified atom stereocenters. The van der Waals surface area contributed by atoms with Crippen molar-refractivity contribution in [2.24, 2.45) is 0 Å². The van der Waals surface area contributed by atoms with Gasteiger partial charge in [-0.05, 0) is 12.5 Å². The van der Waals surface area contributed by atoms with Gasteiger partial charge in [0.25, 0.3) is 0 Å². The van der Waals surface area contributed by atoms with E-state index in [1.807, 2.05) is 31.2 Å². The van der Waals surface area contributed by atoms with Gasteiger partial charge in [0.2, 0.25) is 10.0 Å². The van der Waals surface area contributed by atoms with Crippen LogP contribution < -0.4 is 0 Å². The maximum absolute atomic E-state index is 11.1. The largest absolute Gasteiger partial charge is 0.213 e. The molecule has 0 aliphatic heterocycles. The normalized spacial score (nSPS) is 12.0. The van der Waals surface area contributed by atoms with Gasteiger partial charge in [0, 0.05) is 13.6 Å². The van der Waals surface area contributed by atoms with Crippen LogP contribution in [0.4, 0.5) is 0 Å². The van der Waals surface area contributed by atoms with E-state index in [9.17, 15) is 8.42 Å². The lowest BCUT2D eigenvalue weighted by molar-refractivity contribution is 0.472. The average Bonchev–Trinajstić information content (AvgIpc) is 2.02. The van der Waals surface area contributed by atoms with Crippen molar-refractivity contribution in [2.45, 2.75) is 13.5 Å². The first-order valence-corrected chi connectivity index (χ1v) is 6.21. The van der Waals surface area contributed by atoms with Gasteiger partial charge in [-0.25, -0.2) is 12.7 Å². The summed E-state index contributed by atoms with van der Waals surface area (Å²) in [6.07, 6.45) is 1.21. The maximum Gasteiger partial charge on any atom is 0.211 e. The van der Waals surface area contributed by atoms with Crippen molar-refractivity contribution in [3.63, 3.8) is 0 Å². The molecule has 0 amide bonds. The highest BCUT2D eigenvalue weighted by Crippen LogP contribution is 2.08. The molecule has 0 radical (unpaired) electrons. The lowest BCUT2D eigenvalue weighted by Crippen LogP contribution is -2.24. The summed E-state index contributed by atoms with van der Waals surface area (Å²) in [5, 5.41) is 0. The Kier molecular flexibility index (Phi) is 3.29. The summed E-state index contributed by atoms with van der Waals surface area (Å²) in [6, 6.07) is 7.83. The van der Waals surface area contributed by atoms with E-state index in [1.165, 1.54) is 10.6 Å². The summed E-state index contributed by atoms with van der Waals surface area (Å²) >= 11 is 0. The summed E-state index contributed by atoms with van der Waals surface area (Å²) in [7, 11) is -1.50. The van der Waals surface area contributed by atoms with Gasteiger partial charge >= 0.3 is 0 Å². The SMILES string of the molecule is Cc1cccc(CN(C)S(C)(=O)=O)c1. The van der Waals surface area contributed by atoms with Crippen LogP contribution >= 0.6 is 0 Å². The van der Waals surface area contributed by atoms with Crippen molar-refractivity contribution in [3.8, 4) is 0 Å². The van der Waals surface area contributed by atoms with Crippen LogP contribution in [0, 0.1) is 6.92 Å². The van der Waals surface area contributed by atoms with E-state index < -0.39 is 10.0 Å². The van der Waals surface area contributed by atoms with Crippen LogP contribution in [-0.4, -0.2) is 26.0 Å². The molecule has 0 aliphatic carbocycles. The van der Waals surface area contributed by atoms with Crippen LogP contribution in [0.1, 0.15) is 11.1 Å². The van der Waals surface area contributed by atoms with Gasteiger partial charge in [-0.15, -0.1) is 0 Å². The third-order valence-corrected chi connectivity index (χ3v) is 3.32. The molecule has 0 N–H and O–H groups in total. The highest BCUT2D eigenvalue weighted by atomic mass is 32.2. The van der Waals surface area contributed by atoms with E-state index in [4.69, 9.17) is 0 Å². The minimum absolute atomic E-state index is 0.431. The zero-order valence-corrected chi connectivity index (χ0v) is 9.50. The third kappa shape index (κ3) is 3.12. The predicted octanol–water partition coefficient (Wildman–Crippen LogP) is 1.39. The smallest absolute Gasteiger partial charge is 0.211 e. The average molecular weight is 213 g/mol. The Labute approximate surface area is 85.4 Å². The molecule has 0 atom stereocenters. The number of nitrogens with zero attached hydrogens (tertiary/aromatic N) is 1. The number of rotatable bonds is 3. The van der Waals surface area contributed by atoms with Crippen molar-refractivity contribution >= 4 is 10.0 Å². The van der Waals surface area contributed by atoms with Crippen LogP contribution in [0.25, 0.3) is 0 Å². The molecule has 0 spiro atoms. The third-order valence-electron chi connectivity index (χ3n) is 2.05. The van der Waals surface area contributed by atoms with Crippen molar-refractivity contribution < 1.29 is 8.42 Å². The first-order valence-electron chi connectivity index (χ1n) is 4.36. The van der Waals surface area contributed by atoms with Crippen molar-refractivity contribution in [2.75, 3.05) is 13.3 Å². The van der Waals surface area contributed by atoms with Crippen LogP contribution in [0.5, 0.6) is 0 Å². The molecule has 0 heterocycles. The predicted molar refractivity (Wildman–Crippen MR) is 57.5 cm³/mol. The van der Waals surface area contributed by atoms with Gasteiger partial charge in [0.1, 0.15) is 0 Å². The highest BCUT2D eigenvalue weighted by molar-refractivity contribution is 7.88. The minimum atomic E-state index is -3.08. The monoisotopic (exact) mass is 213 g/mol. The molecule has 0 aromatic heterocycles. The van der Waals surface area contributed by atoms with Gasteiger partial charge in [-0.1, -0.05) is 29.8 Å². The van der Waals surface area contributed by atoms with Crippen molar-refractivity contribution in [1.82, 2.24) is 4.31 Å². The Morgan fingerprint density at radius 2 is 2.00 bits per heavy atom.